The highest BCUT2D eigenvalue weighted by molar-refractivity contribution is 5.73. The number of aliphatic carboxylic acids is 1. The van der Waals surface area contributed by atoms with Crippen molar-refractivity contribution < 1.29 is 9.90 Å². The molecule has 0 aromatic heterocycles. The number of rotatable bonds is 2. The topological polar surface area (TPSA) is 63.3 Å². The number of carbonyl (C=O) groups is 1. The summed E-state index contributed by atoms with van der Waals surface area (Å²) in [6.07, 6.45) is -0.00463. The number of nitrogens with two attached hydrogens (primary N) is 1. The van der Waals surface area contributed by atoms with Crippen LogP contribution in [0.25, 0.3) is 0 Å². The SMILES string of the molecule is [CH]C[C@H](N)C(=O)O. The minimum absolute atomic E-state index is 0.00463. The zero-order valence-corrected chi connectivity index (χ0v) is 3.79. The average molecular weight is 101 g/mol. The van der Waals surface area contributed by atoms with Crippen molar-refractivity contribution in [1.29, 1.82) is 0 Å². The molecule has 0 aromatic rings. The highest BCUT2D eigenvalue weighted by Crippen LogP contribution is 1.81. The largest absolute Gasteiger partial charge is 0.480 e. The summed E-state index contributed by atoms with van der Waals surface area (Å²) in [6, 6.07) is -0.903. The molecular formula is C4H7NO2. The molecule has 0 aromatic carbocycles. The van der Waals surface area contributed by atoms with Gasteiger partial charge < -0.3 is 10.8 Å². The summed E-state index contributed by atoms with van der Waals surface area (Å²) in [6.45, 7) is 4.87. The van der Waals surface area contributed by atoms with Crippen LogP contribution in [0.3, 0.4) is 0 Å². The van der Waals surface area contributed by atoms with Crippen molar-refractivity contribution in [3.63, 3.8) is 0 Å². The van der Waals surface area contributed by atoms with Crippen molar-refractivity contribution in [2.24, 2.45) is 5.73 Å². The summed E-state index contributed by atoms with van der Waals surface area (Å²) in [4.78, 5) is 9.73. The van der Waals surface area contributed by atoms with Crippen LogP contribution in [-0.2, 0) is 4.79 Å². The van der Waals surface area contributed by atoms with Gasteiger partial charge in [0.1, 0.15) is 6.04 Å². The van der Waals surface area contributed by atoms with Gasteiger partial charge in [-0.3, -0.25) is 4.79 Å². The second-order valence-corrected chi connectivity index (χ2v) is 1.18. The first kappa shape index (κ1) is 6.43. The lowest BCUT2D eigenvalue weighted by molar-refractivity contribution is -0.138. The first-order valence-corrected chi connectivity index (χ1v) is 1.87. The second kappa shape index (κ2) is 2.58. The van der Waals surface area contributed by atoms with Gasteiger partial charge in [-0.1, -0.05) is 0 Å². The van der Waals surface area contributed by atoms with Crippen molar-refractivity contribution in [2.75, 3.05) is 0 Å². The highest BCUT2D eigenvalue weighted by Gasteiger charge is 2.05. The van der Waals surface area contributed by atoms with Crippen LogP contribution in [-0.4, -0.2) is 17.1 Å². The number of carboxylic acids is 1. The van der Waals surface area contributed by atoms with E-state index in [1.54, 1.807) is 0 Å². The van der Waals surface area contributed by atoms with Gasteiger partial charge in [-0.05, 0) is 13.3 Å². The van der Waals surface area contributed by atoms with Crippen molar-refractivity contribution in [1.82, 2.24) is 0 Å². The Hall–Kier alpha value is -0.570. The zero-order valence-electron chi connectivity index (χ0n) is 3.79. The molecule has 0 saturated heterocycles. The normalized spacial score (nSPS) is 13.4. The predicted molar refractivity (Wildman–Crippen MR) is 24.5 cm³/mol. The van der Waals surface area contributed by atoms with Gasteiger partial charge >= 0.3 is 5.97 Å². The molecule has 0 aliphatic carbocycles. The Bertz CT molecular complexity index is 72.1. The predicted octanol–water partition coefficient (Wildman–Crippen LogP) is -0.501. The molecule has 2 radical (unpaired) electrons. The van der Waals surface area contributed by atoms with Gasteiger partial charge in [0.2, 0.25) is 0 Å². The molecule has 3 nitrogen and oxygen atoms in total. The van der Waals surface area contributed by atoms with E-state index in [2.05, 4.69) is 0 Å². The van der Waals surface area contributed by atoms with E-state index in [1.165, 1.54) is 0 Å². The quantitative estimate of drug-likeness (QED) is 0.492. The molecule has 0 heterocycles. The van der Waals surface area contributed by atoms with Crippen LogP contribution in [0, 0.1) is 6.92 Å². The van der Waals surface area contributed by atoms with Crippen LogP contribution in [0.1, 0.15) is 6.42 Å². The Morgan fingerprint density at radius 3 is 2.43 bits per heavy atom. The fourth-order valence-electron chi connectivity index (χ4n) is 0.101. The van der Waals surface area contributed by atoms with Crippen LogP contribution in [0.2, 0.25) is 0 Å². The monoisotopic (exact) mass is 101 g/mol. The third-order valence-electron chi connectivity index (χ3n) is 0.571. The maximum atomic E-state index is 9.73. The molecule has 1 atom stereocenters. The third-order valence-corrected chi connectivity index (χ3v) is 0.571. The molecule has 0 unspecified atom stereocenters. The Kier molecular flexibility index (Phi) is 2.37. The van der Waals surface area contributed by atoms with E-state index in [0.717, 1.165) is 0 Å². The van der Waals surface area contributed by atoms with Gasteiger partial charge in [-0.2, -0.15) is 0 Å². The minimum atomic E-state index is -1.05. The summed E-state index contributed by atoms with van der Waals surface area (Å²) in [5, 5.41) is 7.98. The molecule has 0 aliphatic rings. The lowest BCUT2D eigenvalue weighted by atomic mass is 10.2. The molecule has 0 spiro atoms. The fraction of sp³-hybridized carbons (Fsp3) is 0.500. The molecular weight excluding hydrogens is 94.0 g/mol. The standard InChI is InChI=1S/C4H7NO2/c1-2-3(5)4(6)7/h1,3H,2,5H2,(H,6,7)/t3-/m0/s1. The van der Waals surface area contributed by atoms with Crippen molar-refractivity contribution in [3.05, 3.63) is 6.92 Å². The molecule has 0 saturated carbocycles. The number of hydrogen-bond acceptors (Lipinski definition) is 2. The molecule has 3 N–H and O–H groups in total. The summed E-state index contributed by atoms with van der Waals surface area (Å²) in [7, 11) is 0. The van der Waals surface area contributed by atoms with Crippen molar-refractivity contribution in [2.45, 2.75) is 12.5 Å². The molecule has 0 bridgehead atoms. The molecule has 0 fully saturated rings. The summed E-state index contributed by atoms with van der Waals surface area (Å²) >= 11 is 0. The minimum Gasteiger partial charge on any atom is -0.480 e. The number of hydrogen-bond donors (Lipinski definition) is 2. The second-order valence-electron chi connectivity index (χ2n) is 1.18. The lowest BCUT2D eigenvalue weighted by Gasteiger charge is -1.96. The van der Waals surface area contributed by atoms with E-state index in [-0.39, 0.29) is 6.42 Å². The summed E-state index contributed by atoms with van der Waals surface area (Å²) in [5.41, 5.74) is 4.89. The van der Waals surface area contributed by atoms with E-state index in [1.807, 2.05) is 0 Å². The lowest BCUT2D eigenvalue weighted by Crippen LogP contribution is -2.28. The molecule has 3 heteroatoms. The van der Waals surface area contributed by atoms with E-state index in [0.29, 0.717) is 0 Å². The molecule has 7 heavy (non-hydrogen) atoms. The smallest absolute Gasteiger partial charge is 0.320 e. The third kappa shape index (κ3) is 2.17. The van der Waals surface area contributed by atoms with E-state index in [9.17, 15) is 4.79 Å². The summed E-state index contributed by atoms with van der Waals surface area (Å²) in [5.74, 6) is -1.05. The van der Waals surface area contributed by atoms with Gasteiger partial charge in [-0.25, -0.2) is 0 Å². The van der Waals surface area contributed by atoms with Gasteiger partial charge in [0.25, 0.3) is 0 Å². The van der Waals surface area contributed by atoms with Crippen molar-refractivity contribution >= 4 is 5.97 Å². The molecule has 0 amide bonds. The molecule has 0 rings (SSSR count). The van der Waals surface area contributed by atoms with Gasteiger partial charge in [0.15, 0.2) is 0 Å². The Labute approximate surface area is 42.1 Å². The van der Waals surface area contributed by atoms with E-state index < -0.39 is 12.0 Å². The van der Waals surface area contributed by atoms with Crippen LogP contribution in [0.15, 0.2) is 0 Å². The first-order chi connectivity index (χ1) is 3.18. The van der Waals surface area contributed by atoms with Crippen LogP contribution in [0.4, 0.5) is 0 Å². The maximum Gasteiger partial charge on any atom is 0.320 e. The average Bonchev–Trinajstić information content (AvgIpc) is 1.65. The Balaban J connectivity index is 3.34. The zero-order chi connectivity index (χ0) is 5.86. The Morgan fingerprint density at radius 1 is 2.00 bits per heavy atom. The van der Waals surface area contributed by atoms with Gasteiger partial charge in [0, 0.05) is 0 Å². The van der Waals surface area contributed by atoms with Crippen LogP contribution >= 0.6 is 0 Å². The van der Waals surface area contributed by atoms with Crippen molar-refractivity contribution in [3.8, 4) is 0 Å². The molecule has 0 aliphatic heterocycles. The fourth-order valence-corrected chi connectivity index (χ4v) is 0.101. The number of carboxylic acid groups (broad SMARTS) is 1. The maximum absolute atomic E-state index is 9.73. The van der Waals surface area contributed by atoms with E-state index >= 15 is 0 Å². The Morgan fingerprint density at radius 2 is 2.43 bits per heavy atom. The van der Waals surface area contributed by atoms with Gasteiger partial charge in [-0.15, -0.1) is 0 Å². The molecule has 40 valence electrons. The first-order valence-electron chi connectivity index (χ1n) is 1.87. The van der Waals surface area contributed by atoms with Crippen LogP contribution in [0.5, 0.6) is 0 Å². The van der Waals surface area contributed by atoms with E-state index in [4.69, 9.17) is 17.8 Å². The summed E-state index contributed by atoms with van der Waals surface area (Å²) < 4.78 is 0. The van der Waals surface area contributed by atoms with Crippen LogP contribution < -0.4 is 5.73 Å². The highest BCUT2D eigenvalue weighted by atomic mass is 16.4. The van der Waals surface area contributed by atoms with Gasteiger partial charge in [0.05, 0.1) is 0 Å².